The van der Waals surface area contributed by atoms with Gasteiger partial charge in [0.05, 0.1) is 18.8 Å². The second-order valence-electron chi connectivity index (χ2n) is 7.90. The van der Waals surface area contributed by atoms with E-state index in [1.54, 1.807) is 0 Å². The van der Waals surface area contributed by atoms with Crippen molar-refractivity contribution in [2.45, 2.75) is 57.2 Å². The topological polar surface area (TPSA) is 45.2 Å². The van der Waals surface area contributed by atoms with Gasteiger partial charge in [0.1, 0.15) is 0 Å². The number of aliphatic hydroxyl groups is 1. The molecule has 0 bridgehead atoms. The minimum Gasteiger partial charge on any atom is -0.389 e. The zero-order valence-corrected chi connectivity index (χ0v) is 15.2. The number of aliphatic hydroxyl groups excluding tert-OH is 1. The highest BCUT2D eigenvalue weighted by Crippen LogP contribution is 2.24. The van der Waals surface area contributed by atoms with Gasteiger partial charge in [0.15, 0.2) is 0 Å². The maximum Gasteiger partial charge on any atom is 0.0900 e. The van der Waals surface area contributed by atoms with E-state index in [1.807, 2.05) is 0 Å². The van der Waals surface area contributed by atoms with Crippen molar-refractivity contribution in [3.05, 3.63) is 0 Å². The van der Waals surface area contributed by atoms with E-state index in [0.29, 0.717) is 6.61 Å². The van der Waals surface area contributed by atoms with Crippen LogP contribution in [-0.4, -0.2) is 86.2 Å². The van der Waals surface area contributed by atoms with Crippen LogP contribution in [-0.2, 0) is 9.47 Å². The normalized spacial score (nSPS) is 27.4. The molecule has 0 aromatic heterocycles. The lowest BCUT2D eigenvalue weighted by molar-refractivity contribution is -0.0659. The Labute approximate surface area is 147 Å². The summed E-state index contributed by atoms with van der Waals surface area (Å²) in [5.74, 6) is 0.934. The van der Waals surface area contributed by atoms with Crippen LogP contribution in [0.3, 0.4) is 0 Å². The van der Waals surface area contributed by atoms with Crippen molar-refractivity contribution in [2.24, 2.45) is 5.92 Å². The molecular weight excluding hydrogens is 304 g/mol. The van der Waals surface area contributed by atoms with E-state index in [0.717, 1.165) is 64.7 Å². The number of hydrogen-bond acceptors (Lipinski definition) is 5. The van der Waals surface area contributed by atoms with Crippen molar-refractivity contribution in [3.8, 4) is 0 Å². The van der Waals surface area contributed by atoms with Crippen LogP contribution in [0.2, 0.25) is 0 Å². The highest BCUT2D eigenvalue weighted by molar-refractivity contribution is 4.77. The Kier molecular flexibility index (Phi) is 7.80. The third kappa shape index (κ3) is 6.26. The third-order valence-corrected chi connectivity index (χ3v) is 5.87. The molecule has 1 unspecified atom stereocenters. The van der Waals surface area contributed by atoms with E-state index in [1.165, 1.54) is 38.6 Å². The predicted molar refractivity (Wildman–Crippen MR) is 95.3 cm³/mol. The standard InChI is InChI=1S/C19H36N2O3/c22-18(16-24-19-6-12-23-13-7-19)15-21-10-8-20(9-11-21)14-17-4-2-1-3-5-17/h17-19,22H,1-16H2. The molecule has 140 valence electrons. The van der Waals surface area contributed by atoms with Crippen molar-refractivity contribution >= 4 is 0 Å². The second kappa shape index (κ2) is 10.1. The zero-order valence-electron chi connectivity index (χ0n) is 15.2. The van der Waals surface area contributed by atoms with E-state index in [2.05, 4.69) is 9.80 Å². The van der Waals surface area contributed by atoms with Gasteiger partial charge in [0.2, 0.25) is 0 Å². The molecule has 1 saturated carbocycles. The van der Waals surface area contributed by atoms with Crippen molar-refractivity contribution in [2.75, 3.05) is 59.1 Å². The van der Waals surface area contributed by atoms with Gasteiger partial charge in [-0.15, -0.1) is 0 Å². The lowest BCUT2D eigenvalue weighted by atomic mass is 9.89. The molecule has 0 aromatic carbocycles. The molecule has 2 heterocycles. The van der Waals surface area contributed by atoms with Gasteiger partial charge >= 0.3 is 0 Å². The molecule has 0 spiro atoms. The molecule has 0 aromatic rings. The molecule has 24 heavy (non-hydrogen) atoms. The molecule has 1 N–H and O–H groups in total. The lowest BCUT2D eigenvalue weighted by Crippen LogP contribution is -2.50. The summed E-state index contributed by atoms with van der Waals surface area (Å²) in [5, 5.41) is 10.2. The highest BCUT2D eigenvalue weighted by Gasteiger charge is 2.23. The molecule has 2 saturated heterocycles. The van der Waals surface area contributed by atoms with Gasteiger partial charge in [-0.3, -0.25) is 4.90 Å². The molecule has 3 aliphatic rings. The molecule has 5 heteroatoms. The molecule has 2 aliphatic heterocycles. The van der Waals surface area contributed by atoms with Gasteiger partial charge in [-0.2, -0.15) is 0 Å². The second-order valence-corrected chi connectivity index (χ2v) is 7.90. The van der Waals surface area contributed by atoms with Crippen LogP contribution < -0.4 is 0 Å². The summed E-state index contributed by atoms with van der Waals surface area (Å²) in [7, 11) is 0. The number of ether oxygens (including phenoxy) is 2. The summed E-state index contributed by atoms with van der Waals surface area (Å²) in [4.78, 5) is 5.03. The first-order valence-corrected chi connectivity index (χ1v) is 10.1. The van der Waals surface area contributed by atoms with E-state index in [4.69, 9.17) is 9.47 Å². The van der Waals surface area contributed by atoms with E-state index in [-0.39, 0.29) is 12.2 Å². The summed E-state index contributed by atoms with van der Waals surface area (Å²) in [6, 6.07) is 0. The zero-order chi connectivity index (χ0) is 16.6. The van der Waals surface area contributed by atoms with Gasteiger partial charge in [0, 0.05) is 52.5 Å². The Hall–Kier alpha value is -0.200. The molecule has 1 aliphatic carbocycles. The van der Waals surface area contributed by atoms with Crippen LogP contribution in [0.15, 0.2) is 0 Å². The first-order valence-electron chi connectivity index (χ1n) is 10.1. The monoisotopic (exact) mass is 340 g/mol. The summed E-state index contributed by atoms with van der Waals surface area (Å²) in [5.41, 5.74) is 0. The Morgan fingerprint density at radius 3 is 2.29 bits per heavy atom. The maximum absolute atomic E-state index is 10.2. The molecule has 0 radical (unpaired) electrons. The molecule has 5 nitrogen and oxygen atoms in total. The summed E-state index contributed by atoms with van der Waals surface area (Å²) in [6.45, 7) is 8.58. The molecule has 1 atom stereocenters. The fourth-order valence-electron chi connectivity index (χ4n) is 4.33. The quantitative estimate of drug-likeness (QED) is 0.765. The van der Waals surface area contributed by atoms with Crippen LogP contribution in [0.5, 0.6) is 0 Å². The van der Waals surface area contributed by atoms with Gasteiger partial charge in [-0.1, -0.05) is 19.3 Å². The van der Waals surface area contributed by atoms with E-state index in [9.17, 15) is 5.11 Å². The SMILES string of the molecule is OC(COC1CCOCC1)CN1CCN(CC2CCCCC2)CC1. The molecule has 0 amide bonds. The highest BCUT2D eigenvalue weighted by atomic mass is 16.5. The fraction of sp³-hybridized carbons (Fsp3) is 1.00. The van der Waals surface area contributed by atoms with E-state index >= 15 is 0 Å². The Morgan fingerprint density at radius 1 is 0.917 bits per heavy atom. The number of piperazine rings is 1. The number of hydrogen-bond donors (Lipinski definition) is 1. The smallest absolute Gasteiger partial charge is 0.0900 e. The van der Waals surface area contributed by atoms with Crippen LogP contribution in [0.4, 0.5) is 0 Å². The van der Waals surface area contributed by atoms with Gasteiger partial charge < -0.3 is 19.5 Å². The van der Waals surface area contributed by atoms with Crippen LogP contribution in [0, 0.1) is 5.92 Å². The number of β-amino-alcohol motifs (C(OH)–C–C–N with tert-alkyl or cyclic N) is 1. The van der Waals surface area contributed by atoms with Crippen molar-refractivity contribution in [3.63, 3.8) is 0 Å². The first kappa shape index (κ1) is 18.6. The minimum absolute atomic E-state index is 0.278. The van der Waals surface area contributed by atoms with Crippen molar-refractivity contribution in [1.82, 2.24) is 9.80 Å². The first-order chi connectivity index (χ1) is 11.8. The molecule has 3 rings (SSSR count). The van der Waals surface area contributed by atoms with Gasteiger partial charge in [-0.05, 0) is 31.6 Å². The third-order valence-electron chi connectivity index (χ3n) is 5.87. The number of nitrogens with zero attached hydrogens (tertiary/aromatic N) is 2. The number of rotatable bonds is 7. The molecular formula is C19H36N2O3. The van der Waals surface area contributed by atoms with Crippen LogP contribution >= 0.6 is 0 Å². The largest absolute Gasteiger partial charge is 0.389 e. The maximum atomic E-state index is 10.2. The Bertz CT molecular complexity index is 336. The van der Waals surface area contributed by atoms with Gasteiger partial charge in [-0.25, -0.2) is 0 Å². The Balaban J connectivity index is 1.27. The summed E-state index contributed by atoms with van der Waals surface area (Å²) >= 11 is 0. The summed E-state index contributed by atoms with van der Waals surface area (Å²) < 4.78 is 11.2. The Morgan fingerprint density at radius 2 is 1.58 bits per heavy atom. The van der Waals surface area contributed by atoms with E-state index < -0.39 is 0 Å². The average Bonchev–Trinajstić information content (AvgIpc) is 2.63. The molecule has 3 fully saturated rings. The van der Waals surface area contributed by atoms with Gasteiger partial charge in [0.25, 0.3) is 0 Å². The predicted octanol–water partition coefficient (Wildman–Crippen LogP) is 1.74. The average molecular weight is 341 g/mol. The minimum atomic E-state index is -0.363. The lowest BCUT2D eigenvalue weighted by Gasteiger charge is -2.38. The fourth-order valence-corrected chi connectivity index (χ4v) is 4.33. The van der Waals surface area contributed by atoms with Crippen LogP contribution in [0.25, 0.3) is 0 Å². The summed E-state index contributed by atoms with van der Waals surface area (Å²) in [6.07, 6.45) is 9.02. The van der Waals surface area contributed by atoms with Crippen LogP contribution in [0.1, 0.15) is 44.9 Å². The van der Waals surface area contributed by atoms with Crippen molar-refractivity contribution < 1.29 is 14.6 Å². The van der Waals surface area contributed by atoms with Crippen molar-refractivity contribution in [1.29, 1.82) is 0 Å².